The predicted molar refractivity (Wildman–Crippen MR) is 296 cm³/mol. The average molecular weight is 1160 g/mol. The van der Waals surface area contributed by atoms with Crippen LogP contribution in [0.1, 0.15) is 97.1 Å². The van der Waals surface area contributed by atoms with Crippen molar-refractivity contribution in [2.24, 2.45) is 0 Å². The lowest BCUT2D eigenvalue weighted by Gasteiger charge is -2.20. The number of anilines is 3. The maximum atomic E-state index is 13.3. The third-order valence-electron chi connectivity index (χ3n) is 12.4. The van der Waals surface area contributed by atoms with Gasteiger partial charge in [0.25, 0.3) is 17.7 Å². The highest BCUT2D eigenvalue weighted by Crippen LogP contribution is 2.38. The number of aromatic hydroxyl groups is 1. The summed E-state index contributed by atoms with van der Waals surface area (Å²) in [6, 6.07) is 26.9. The van der Waals surface area contributed by atoms with E-state index in [1.807, 2.05) is 38.0 Å². The molecule has 1 aliphatic carbocycles. The van der Waals surface area contributed by atoms with E-state index in [1.54, 1.807) is 49.4 Å². The fourth-order valence-corrected chi connectivity index (χ4v) is 8.18. The normalized spacial score (nSPS) is 12.6. The van der Waals surface area contributed by atoms with Gasteiger partial charge in [0.05, 0.1) is 29.4 Å². The van der Waals surface area contributed by atoms with Crippen LogP contribution >= 0.6 is 0 Å². The molecule has 1 saturated carbocycles. The van der Waals surface area contributed by atoms with E-state index in [-0.39, 0.29) is 69.1 Å². The lowest BCUT2D eigenvalue weighted by Crippen LogP contribution is -2.22. The van der Waals surface area contributed by atoms with Crippen molar-refractivity contribution in [1.29, 1.82) is 0 Å². The van der Waals surface area contributed by atoms with Crippen molar-refractivity contribution in [2.75, 3.05) is 77.1 Å². The van der Waals surface area contributed by atoms with Crippen LogP contribution in [0.3, 0.4) is 0 Å². The average Bonchev–Trinajstić information content (AvgIpc) is 4.04. The number of hydrogen-bond donors (Lipinski definition) is 4. The van der Waals surface area contributed by atoms with Crippen molar-refractivity contribution in [2.45, 2.75) is 78.0 Å². The highest BCUT2D eigenvalue weighted by molar-refractivity contribution is 6.09. The minimum absolute atomic E-state index is 0.00906. The van der Waals surface area contributed by atoms with E-state index in [2.05, 4.69) is 16.0 Å². The first-order valence-electron chi connectivity index (χ1n) is 25.9. The molecule has 0 heterocycles. The van der Waals surface area contributed by atoms with E-state index in [4.69, 9.17) is 18.9 Å². The molecule has 13 nitrogen and oxygen atoms in total. The van der Waals surface area contributed by atoms with Crippen LogP contribution in [-0.2, 0) is 18.5 Å². The molecule has 0 aliphatic heterocycles. The predicted octanol–water partition coefficient (Wildman–Crippen LogP) is 14.1. The minimum atomic E-state index is -4.52. The van der Waals surface area contributed by atoms with Crippen molar-refractivity contribution in [1.82, 2.24) is 9.80 Å². The fourth-order valence-electron chi connectivity index (χ4n) is 8.18. The van der Waals surface area contributed by atoms with E-state index >= 15 is 0 Å². The maximum Gasteiger partial charge on any atom is 0.416 e. The van der Waals surface area contributed by atoms with Crippen molar-refractivity contribution < 1.29 is 78.0 Å². The summed E-state index contributed by atoms with van der Waals surface area (Å²) >= 11 is 0. The monoisotopic (exact) mass is 1160 g/mol. The number of phenols is 1. The molecule has 6 aromatic carbocycles. The summed E-state index contributed by atoms with van der Waals surface area (Å²) in [5.41, 5.74) is -1.65. The van der Waals surface area contributed by atoms with Crippen LogP contribution < -0.4 is 34.9 Å². The van der Waals surface area contributed by atoms with E-state index in [0.29, 0.717) is 42.6 Å². The summed E-state index contributed by atoms with van der Waals surface area (Å²) in [5.74, 6) is -0.758. The third-order valence-corrected chi connectivity index (χ3v) is 12.4. The number of aryl methyl sites for hydroxylation is 3. The summed E-state index contributed by atoms with van der Waals surface area (Å²) < 4.78 is 140. The van der Waals surface area contributed by atoms with Crippen molar-refractivity contribution >= 4 is 34.8 Å². The van der Waals surface area contributed by atoms with Gasteiger partial charge >= 0.3 is 18.5 Å². The van der Waals surface area contributed by atoms with Crippen molar-refractivity contribution in [3.63, 3.8) is 0 Å². The number of hydrogen-bond acceptors (Lipinski definition) is 10. The number of carbonyl (C=O) groups is 3. The topological polar surface area (TPSA) is 151 Å². The van der Waals surface area contributed by atoms with Crippen LogP contribution in [0, 0.1) is 20.8 Å². The van der Waals surface area contributed by atoms with Gasteiger partial charge in [-0.1, -0.05) is 36.4 Å². The number of amides is 3. The number of nitrogens with zero attached hydrogens (tertiary/aromatic N) is 2. The van der Waals surface area contributed by atoms with Gasteiger partial charge in [0.2, 0.25) is 0 Å². The van der Waals surface area contributed by atoms with E-state index < -0.39 is 52.9 Å². The minimum Gasteiger partial charge on any atom is -0.507 e. The lowest BCUT2D eigenvalue weighted by atomic mass is 10.1. The fraction of sp³-hybridized carbons (Fsp3) is 0.350. The first-order valence-corrected chi connectivity index (χ1v) is 25.9. The Morgan fingerprint density at radius 2 is 0.939 bits per heavy atom. The van der Waals surface area contributed by atoms with Gasteiger partial charge in [-0.05, 0) is 177 Å². The molecule has 442 valence electrons. The lowest BCUT2D eigenvalue weighted by molar-refractivity contribution is -0.138. The molecule has 7 rings (SSSR count). The molecule has 22 heteroatoms. The van der Waals surface area contributed by atoms with Gasteiger partial charge in [-0.15, -0.1) is 0 Å². The van der Waals surface area contributed by atoms with E-state index in [1.165, 1.54) is 75.4 Å². The summed E-state index contributed by atoms with van der Waals surface area (Å²) in [5, 5.41) is 17.3. The van der Waals surface area contributed by atoms with Gasteiger partial charge in [0, 0.05) is 35.7 Å². The molecule has 0 unspecified atom stereocenters. The number of nitrogens with one attached hydrogen (secondary N) is 3. The Kier molecular flexibility index (Phi) is 23.0. The van der Waals surface area contributed by atoms with E-state index in [0.717, 1.165) is 50.4 Å². The zero-order valence-corrected chi connectivity index (χ0v) is 46.5. The smallest absolute Gasteiger partial charge is 0.416 e. The van der Waals surface area contributed by atoms with Gasteiger partial charge in [0.1, 0.15) is 53.1 Å². The Morgan fingerprint density at radius 1 is 0.524 bits per heavy atom. The molecular weight excluding hydrogens is 1090 g/mol. The number of phenolic OH excluding ortho intramolecular Hbond substituents is 1. The number of ether oxygens (including phenoxy) is 4. The largest absolute Gasteiger partial charge is 0.507 e. The molecular formula is C60H66F9N5O8. The number of benzene rings is 6. The molecule has 1 aliphatic rings. The molecule has 0 aromatic heterocycles. The second-order valence-corrected chi connectivity index (χ2v) is 19.5. The Hall–Kier alpha value is -7.98. The van der Waals surface area contributed by atoms with Crippen LogP contribution in [0.5, 0.6) is 28.7 Å². The standard InChI is InChI=1S/C24H29F3N2O3.C19H21F3N2O2.C17H16F3NO3/c1-16-11-12-17(15-19(16)24(25,26)27)28-23(30)22-20(31-14-13-29(2)3)9-6-10-21(22)32-18-7-4-5-8-18;1-13-7-8-15(12-17(13)19(20,21)22)23-18(25)14-5-4-6-16(11-14)26-10-9-24(2)3;1-3-24-14-6-4-5-13(22)15(14)16(23)21-11-8-7-10(2)12(9-11)17(18,19)20/h6,9-12,15,18H,4-5,7-8,13-14H2,1-3H3,(H,28,30);4-8,11-12H,9-10H2,1-3H3,(H,23,25);4-9,22H,3H2,1-2H3,(H,21,23). The second kappa shape index (κ2) is 29.1. The zero-order chi connectivity index (χ0) is 60.5. The van der Waals surface area contributed by atoms with Crippen LogP contribution in [0.15, 0.2) is 115 Å². The number of rotatable bonds is 18. The van der Waals surface area contributed by atoms with Crippen LogP contribution in [0.2, 0.25) is 0 Å². The Labute approximate surface area is 470 Å². The highest BCUT2D eigenvalue weighted by atomic mass is 19.4. The second-order valence-electron chi connectivity index (χ2n) is 19.5. The first-order chi connectivity index (χ1) is 38.5. The molecule has 0 saturated heterocycles. The van der Waals surface area contributed by atoms with Gasteiger partial charge in [-0.3, -0.25) is 14.4 Å². The van der Waals surface area contributed by atoms with Crippen molar-refractivity contribution in [3.8, 4) is 28.7 Å². The third kappa shape index (κ3) is 19.3. The Bertz CT molecular complexity index is 3120. The maximum absolute atomic E-state index is 13.3. The van der Waals surface area contributed by atoms with Gasteiger partial charge in [-0.2, -0.15) is 39.5 Å². The molecule has 82 heavy (non-hydrogen) atoms. The Balaban J connectivity index is 0.000000228. The molecule has 0 bridgehead atoms. The molecule has 1 fully saturated rings. The van der Waals surface area contributed by atoms with Gasteiger partial charge < -0.3 is 49.8 Å². The molecule has 0 atom stereocenters. The number of carbonyl (C=O) groups excluding carboxylic acids is 3. The highest BCUT2D eigenvalue weighted by Gasteiger charge is 2.35. The molecule has 0 radical (unpaired) electrons. The molecule has 6 aromatic rings. The van der Waals surface area contributed by atoms with Crippen molar-refractivity contribution in [3.05, 3.63) is 165 Å². The van der Waals surface area contributed by atoms with Gasteiger partial charge in [0.15, 0.2) is 0 Å². The van der Waals surface area contributed by atoms with Crippen LogP contribution in [-0.4, -0.2) is 99.8 Å². The van der Waals surface area contributed by atoms with Crippen LogP contribution in [0.25, 0.3) is 0 Å². The summed E-state index contributed by atoms with van der Waals surface area (Å²) in [6.45, 7) is 8.26. The number of likely N-dealkylation sites (N-methyl/N-ethyl adjacent to an activating group) is 2. The molecule has 4 N–H and O–H groups in total. The Morgan fingerprint density at radius 3 is 1.40 bits per heavy atom. The zero-order valence-electron chi connectivity index (χ0n) is 46.5. The summed E-state index contributed by atoms with van der Waals surface area (Å²) in [7, 11) is 7.66. The van der Waals surface area contributed by atoms with E-state index in [9.17, 15) is 59.0 Å². The number of halogens is 9. The SMILES string of the molecule is CCOc1cccc(O)c1C(=O)Nc1ccc(C)c(C(F)(F)F)c1.Cc1ccc(NC(=O)c2c(OCCN(C)C)cccc2OC2CCCC2)cc1C(F)(F)F.Cc1ccc(NC(=O)c2cccc(OCCN(C)C)c2)cc1C(F)(F)F. The number of alkyl halides is 9. The summed E-state index contributed by atoms with van der Waals surface area (Å²) in [4.78, 5) is 41.8. The molecule has 0 spiro atoms. The quantitative estimate of drug-likeness (QED) is 0.0612. The summed E-state index contributed by atoms with van der Waals surface area (Å²) in [6.07, 6.45) is -9.55. The molecule has 3 amide bonds. The van der Waals surface area contributed by atoms with Crippen LogP contribution in [0.4, 0.5) is 56.6 Å². The van der Waals surface area contributed by atoms with Gasteiger partial charge in [-0.25, -0.2) is 0 Å². The first kappa shape index (κ1) is 64.8.